The molecule has 0 radical (unpaired) electrons. The van der Waals surface area contributed by atoms with Crippen molar-refractivity contribution >= 4 is 11.9 Å². The number of para-hydroxylation sites is 1. The second-order valence-electron chi connectivity index (χ2n) is 11.9. The fourth-order valence-corrected chi connectivity index (χ4v) is 3.63. The van der Waals surface area contributed by atoms with E-state index < -0.39 is 0 Å². The normalized spacial score (nSPS) is 13.5. The van der Waals surface area contributed by atoms with Crippen molar-refractivity contribution in [1.29, 1.82) is 0 Å². The number of benzene rings is 2. The van der Waals surface area contributed by atoms with Crippen molar-refractivity contribution < 1.29 is 5.11 Å². The Kier molecular flexibility index (Phi) is 6.62. The summed E-state index contributed by atoms with van der Waals surface area (Å²) in [5, 5.41) is 10.8. The summed E-state index contributed by atoms with van der Waals surface area (Å²) in [6.07, 6.45) is 1.83. The smallest absolute Gasteiger partial charge is 0.127 e. The van der Waals surface area contributed by atoms with E-state index in [9.17, 15) is 5.11 Å². The number of aromatic hydroxyl groups is 1. The van der Waals surface area contributed by atoms with Gasteiger partial charge in [0.25, 0.3) is 0 Å². The fourth-order valence-electron chi connectivity index (χ4n) is 3.63. The Morgan fingerprint density at radius 1 is 0.800 bits per heavy atom. The van der Waals surface area contributed by atoms with Crippen LogP contribution in [0.2, 0.25) is 0 Å². The molecule has 0 aliphatic carbocycles. The zero-order chi connectivity index (χ0) is 23.1. The monoisotopic (exact) mass is 407 g/mol. The predicted molar refractivity (Wildman–Crippen MR) is 132 cm³/mol. The van der Waals surface area contributed by atoms with Crippen molar-refractivity contribution in [2.75, 3.05) is 0 Å². The molecule has 0 heterocycles. The van der Waals surface area contributed by atoms with Crippen molar-refractivity contribution in [3.8, 4) is 5.75 Å². The molecular weight excluding hydrogens is 366 g/mol. The summed E-state index contributed by atoms with van der Waals surface area (Å²) >= 11 is 0. The van der Waals surface area contributed by atoms with Gasteiger partial charge < -0.3 is 5.11 Å². The van der Waals surface area contributed by atoms with Gasteiger partial charge in [-0.1, -0.05) is 100 Å². The molecule has 2 nitrogen and oxygen atoms in total. The highest BCUT2D eigenvalue weighted by Crippen LogP contribution is 2.43. The second kappa shape index (κ2) is 8.21. The van der Waals surface area contributed by atoms with Crippen LogP contribution in [0.5, 0.6) is 5.75 Å². The molecule has 2 aromatic carbocycles. The molecule has 0 amide bonds. The molecule has 0 saturated carbocycles. The molecule has 1 N–H and O–H groups in total. The molecule has 0 spiro atoms. The lowest BCUT2D eigenvalue weighted by Gasteiger charge is -2.32. The SMILES string of the molecule is CC(C)c1cccc(C=Nc2c(C(C)(C)C)cc(C(C)(C)C)cc2C(C)(C)C)c1O. The minimum absolute atomic E-state index is 0.0459. The Hall–Kier alpha value is -2.09. The van der Waals surface area contributed by atoms with Crippen LogP contribution in [-0.2, 0) is 16.2 Å². The quantitative estimate of drug-likeness (QED) is 0.511. The Labute approximate surface area is 184 Å². The maximum absolute atomic E-state index is 10.8. The van der Waals surface area contributed by atoms with Crippen LogP contribution in [0.15, 0.2) is 35.3 Å². The number of nitrogens with zero attached hydrogens (tertiary/aromatic N) is 1. The summed E-state index contributed by atoms with van der Waals surface area (Å²) < 4.78 is 0. The molecule has 164 valence electrons. The van der Waals surface area contributed by atoms with Crippen LogP contribution in [0.3, 0.4) is 0 Å². The highest BCUT2D eigenvalue weighted by atomic mass is 16.3. The van der Waals surface area contributed by atoms with Crippen LogP contribution < -0.4 is 0 Å². The van der Waals surface area contributed by atoms with Crippen molar-refractivity contribution in [1.82, 2.24) is 0 Å². The number of hydrogen-bond acceptors (Lipinski definition) is 2. The molecule has 0 bridgehead atoms. The number of hydrogen-bond donors (Lipinski definition) is 1. The van der Waals surface area contributed by atoms with Gasteiger partial charge in [-0.3, -0.25) is 4.99 Å². The van der Waals surface area contributed by atoms with Crippen molar-refractivity contribution in [3.63, 3.8) is 0 Å². The number of phenolic OH excluding ortho intramolecular Hbond substituents is 1. The van der Waals surface area contributed by atoms with Crippen LogP contribution in [-0.4, -0.2) is 11.3 Å². The Balaban J connectivity index is 2.79. The fraction of sp³-hybridized carbons (Fsp3) is 0.536. The highest BCUT2D eigenvalue weighted by Gasteiger charge is 2.29. The molecule has 30 heavy (non-hydrogen) atoms. The van der Waals surface area contributed by atoms with Gasteiger partial charge in [0.15, 0.2) is 0 Å². The molecule has 2 rings (SSSR count). The van der Waals surface area contributed by atoms with Gasteiger partial charge in [0, 0.05) is 11.8 Å². The molecule has 2 heteroatoms. The first kappa shape index (κ1) is 24.2. The largest absolute Gasteiger partial charge is 0.507 e. The number of rotatable bonds is 3. The Morgan fingerprint density at radius 3 is 1.70 bits per heavy atom. The number of aliphatic imine (C=N–C) groups is 1. The van der Waals surface area contributed by atoms with Crippen LogP contribution in [0.1, 0.15) is 110 Å². The van der Waals surface area contributed by atoms with Crippen LogP contribution in [0.25, 0.3) is 0 Å². The molecule has 0 aromatic heterocycles. The van der Waals surface area contributed by atoms with E-state index in [1.165, 1.54) is 16.7 Å². The van der Waals surface area contributed by atoms with E-state index >= 15 is 0 Å². The second-order valence-corrected chi connectivity index (χ2v) is 11.9. The predicted octanol–water partition coefficient (Wildman–Crippen LogP) is 8.16. The third kappa shape index (κ3) is 5.33. The maximum atomic E-state index is 10.8. The maximum Gasteiger partial charge on any atom is 0.127 e. The van der Waals surface area contributed by atoms with Gasteiger partial charge in [-0.15, -0.1) is 0 Å². The van der Waals surface area contributed by atoms with E-state index in [1.54, 1.807) is 0 Å². The van der Waals surface area contributed by atoms with Gasteiger partial charge in [-0.25, -0.2) is 0 Å². The average molecular weight is 408 g/mol. The molecule has 0 fully saturated rings. The summed E-state index contributed by atoms with van der Waals surface area (Å²) in [6, 6.07) is 10.6. The van der Waals surface area contributed by atoms with Crippen LogP contribution >= 0.6 is 0 Å². The summed E-state index contributed by atoms with van der Waals surface area (Å²) in [6.45, 7) is 24.5. The average Bonchev–Trinajstić information content (AvgIpc) is 2.57. The van der Waals surface area contributed by atoms with Gasteiger partial charge in [0.1, 0.15) is 5.75 Å². The first-order valence-corrected chi connectivity index (χ1v) is 11.1. The summed E-state index contributed by atoms with van der Waals surface area (Å²) in [4.78, 5) is 5.01. The molecule has 0 atom stereocenters. The Bertz CT molecular complexity index is 894. The van der Waals surface area contributed by atoms with Crippen LogP contribution in [0.4, 0.5) is 5.69 Å². The first-order valence-electron chi connectivity index (χ1n) is 11.1. The van der Waals surface area contributed by atoms with Crippen LogP contribution in [0, 0.1) is 0 Å². The van der Waals surface area contributed by atoms with E-state index in [1.807, 2.05) is 24.4 Å². The molecule has 0 saturated heterocycles. The van der Waals surface area contributed by atoms with E-state index in [0.29, 0.717) is 5.75 Å². The third-order valence-corrected chi connectivity index (χ3v) is 5.65. The minimum Gasteiger partial charge on any atom is -0.507 e. The van der Waals surface area contributed by atoms with Crippen molar-refractivity contribution in [3.05, 3.63) is 58.1 Å². The lowest BCUT2D eigenvalue weighted by atomic mass is 9.74. The van der Waals surface area contributed by atoms with E-state index in [4.69, 9.17) is 4.99 Å². The van der Waals surface area contributed by atoms with E-state index in [-0.39, 0.29) is 22.2 Å². The summed E-state index contributed by atoms with van der Waals surface area (Å²) in [7, 11) is 0. The van der Waals surface area contributed by atoms with Crippen molar-refractivity contribution in [2.24, 2.45) is 4.99 Å². The third-order valence-electron chi connectivity index (χ3n) is 5.65. The highest BCUT2D eigenvalue weighted by molar-refractivity contribution is 5.87. The van der Waals surface area contributed by atoms with Gasteiger partial charge in [-0.2, -0.15) is 0 Å². The zero-order valence-electron chi connectivity index (χ0n) is 20.9. The molecular formula is C28H41NO. The molecule has 0 unspecified atom stereocenters. The lowest BCUT2D eigenvalue weighted by Crippen LogP contribution is -2.21. The van der Waals surface area contributed by atoms with E-state index in [0.717, 1.165) is 16.8 Å². The number of phenols is 1. The van der Waals surface area contributed by atoms with Gasteiger partial charge in [0.2, 0.25) is 0 Å². The molecule has 0 aliphatic rings. The van der Waals surface area contributed by atoms with Crippen molar-refractivity contribution in [2.45, 2.75) is 98.3 Å². The zero-order valence-corrected chi connectivity index (χ0v) is 20.9. The van der Waals surface area contributed by atoms with E-state index in [2.05, 4.69) is 88.3 Å². The standard InChI is InChI=1S/C28H41NO/c1-18(2)21-14-12-13-19(25(21)30)17-29-24-22(27(6,7)8)15-20(26(3,4)5)16-23(24)28(9,10)11/h12-18,30H,1-11H3. The van der Waals surface area contributed by atoms with Gasteiger partial charge in [0.05, 0.1) is 5.69 Å². The molecule has 2 aromatic rings. The lowest BCUT2D eigenvalue weighted by molar-refractivity contribution is 0.464. The van der Waals surface area contributed by atoms with Gasteiger partial charge in [-0.05, 0) is 50.5 Å². The summed E-state index contributed by atoms with van der Waals surface area (Å²) in [5.41, 5.74) is 6.54. The van der Waals surface area contributed by atoms with Gasteiger partial charge >= 0.3 is 0 Å². The topological polar surface area (TPSA) is 32.6 Å². The summed E-state index contributed by atoms with van der Waals surface area (Å²) in [5.74, 6) is 0.594. The Morgan fingerprint density at radius 2 is 1.30 bits per heavy atom. The molecule has 0 aliphatic heterocycles. The first-order chi connectivity index (χ1) is 13.5. The minimum atomic E-state index is -0.0459.